The summed E-state index contributed by atoms with van der Waals surface area (Å²) in [7, 11) is 0. The van der Waals surface area contributed by atoms with E-state index in [2.05, 4.69) is 33.1 Å². The number of nitrogens with one attached hydrogen (secondary N) is 1. The van der Waals surface area contributed by atoms with Gasteiger partial charge in [-0.1, -0.05) is 53.5 Å². The van der Waals surface area contributed by atoms with Gasteiger partial charge in [0.25, 0.3) is 5.91 Å². The van der Waals surface area contributed by atoms with E-state index in [0.717, 1.165) is 25.5 Å². The van der Waals surface area contributed by atoms with Gasteiger partial charge in [0, 0.05) is 0 Å². The summed E-state index contributed by atoms with van der Waals surface area (Å²) in [5, 5.41) is 16.9. The van der Waals surface area contributed by atoms with Crippen LogP contribution in [0.2, 0.25) is 10.0 Å². The van der Waals surface area contributed by atoms with Crippen LogP contribution >= 0.6 is 45.8 Å². The number of hydrogen-bond donors (Lipinski definition) is 2. The number of phenols is 1. The van der Waals surface area contributed by atoms with Crippen LogP contribution in [0.4, 0.5) is 0 Å². The molecule has 166 valence electrons. The fourth-order valence-corrected chi connectivity index (χ4v) is 4.16. The van der Waals surface area contributed by atoms with Gasteiger partial charge in [-0.25, -0.2) is 5.43 Å². The normalized spacial score (nSPS) is 11.1. The highest BCUT2D eigenvalue weighted by Gasteiger charge is 2.12. The second kappa shape index (κ2) is 10.4. The fourth-order valence-electron chi connectivity index (χ4n) is 3.14. The van der Waals surface area contributed by atoms with Crippen molar-refractivity contribution in [2.24, 2.45) is 5.10 Å². The van der Waals surface area contributed by atoms with Gasteiger partial charge in [-0.2, -0.15) is 5.10 Å². The molecule has 0 aliphatic heterocycles. The van der Waals surface area contributed by atoms with Gasteiger partial charge in [0.2, 0.25) is 0 Å². The summed E-state index contributed by atoms with van der Waals surface area (Å²) >= 11 is 14.2. The van der Waals surface area contributed by atoms with E-state index in [-0.39, 0.29) is 11.3 Å². The number of fused-ring (bicyclic) bond motifs is 1. The van der Waals surface area contributed by atoms with Crippen LogP contribution in [0.5, 0.6) is 11.5 Å². The summed E-state index contributed by atoms with van der Waals surface area (Å²) in [6, 6.07) is 21.6. The summed E-state index contributed by atoms with van der Waals surface area (Å²) in [6.07, 6.45) is 1.53. The van der Waals surface area contributed by atoms with E-state index in [1.165, 1.54) is 6.21 Å². The molecule has 5 nitrogen and oxygen atoms in total. The van der Waals surface area contributed by atoms with E-state index in [4.69, 9.17) is 27.9 Å². The summed E-state index contributed by atoms with van der Waals surface area (Å²) in [6.45, 7) is 0.353. The Kier molecular flexibility index (Phi) is 7.37. The van der Waals surface area contributed by atoms with Crippen molar-refractivity contribution in [2.75, 3.05) is 0 Å². The number of hydrogen-bond acceptors (Lipinski definition) is 4. The minimum atomic E-state index is -0.495. The predicted molar refractivity (Wildman–Crippen MR) is 141 cm³/mol. The maximum Gasteiger partial charge on any atom is 0.275 e. The molecule has 0 unspecified atom stereocenters. The van der Waals surface area contributed by atoms with Crippen LogP contribution in [-0.4, -0.2) is 17.2 Å². The Morgan fingerprint density at radius 2 is 1.76 bits per heavy atom. The van der Waals surface area contributed by atoms with Crippen LogP contribution in [0.25, 0.3) is 10.8 Å². The van der Waals surface area contributed by atoms with Crippen LogP contribution < -0.4 is 10.2 Å². The smallest absolute Gasteiger partial charge is 0.275 e. The lowest BCUT2D eigenvalue weighted by molar-refractivity contribution is 0.0952. The van der Waals surface area contributed by atoms with E-state index in [1.807, 2.05) is 48.5 Å². The lowest BCUT2D eigenvalue weighted by Gasteiger charge is -2.09. The maximum atomic E-state index is 12.5. The summed E-state index contributed by atoms with van der Waals surface area (Å²) < 4.78 is 6.75. The van der Waals surface area contributed by atoms with Gasteiger partial charge in [0.15, 0.2) is 0 Å². The Balaban J connectivity index is 1.39. The van der Waals surface area contributed by atoms with Crippen LogP contribution in [0.1, 0.15) is 21.5 Å². The Hall–Kier alpha value is -2.81. The van der Waals surface area contributed by atoms with Crippen LogP contribution in [-0.2, 0) is 6.61 Å². The number of benzene rings is 4. The first-order valence-electron chi connectivity index (χ1n) is 9.82. The largest absolute Gasteiger partial charge is 0.507 e. The molecule has 8 heteroatoms. The number of hydrazone groups is 1. The fraction of sp³-hybridized carbons (Fsp3) is 0.0400. The first-order chi connectivity index (χ1) is 15.9. The van der Waals surface area contributed by atoms with Gasteiger partial charge in [0.05, 0.1) is 25.4 Å². The molecule has 33 heavy (non-hydrogen) atoms. The maximum absolute atomic E-state index is 12.5. The zero-order valence-electron chi connectivity index (χ0n) is 17.1. The van der Waals surface area contributed by atoms with E-state index in [1.54, 1.807) is 24.3 Å². The van der Waals surface area contributed by atoms with Crippen molar-refractivity contribution in [3.05, 3.63) is 103 Å². The first kappa shape index (κ1) is 23.4. The summed E-state index contributed by atoms with van der Waals surface area (Å²) in [5.41, 5.74) is 4.31. The topological polar surface area (TPSA) is 70.9 Å². The quantitative estimate of drug-likeness (QED) is 0.147. The van der Waals surface area contributed by atoms with Gasteiger partial charge >= 0.3 is 0 Å². The molecule has 0 saturated heterocycles. The van der Waals surface area contributed by atoms with Crippen molar-refractivity contribution in [3.8, 4) is 11.5 Å². The van der Waals surface area contributed by atoms with E-state index in [9.17, 15) is 9.90 Å². The summed E-state index contributed by atoms with van der Waals surface area (Å²) in [5.74, 6) is 0.120. The van der Waals surface area contributed by atoms with Crippen molar-refractivity contribution >= 4 is 68.7 Å². The third-order valence-corrected chi connectivity index (χ3v) is 6.40. The van der Waals surface area contributed by atoms with E-state index < -0.39 is 5.91 Å². The number of aromatic hydroxyl groups is 1. The third-order valence-electron chi connectivity index (χ3n) is 4.82. The molecule has 0 spiro atoms. The van der Waals surface area contributed by atoms with Crippen LogP contribution in [0.15, 0.2) is 77.9 Å². The van der Waals surface area contributed by atoms with Crippen molar-refractivity contribution in [1.29, 1.82) is 0 Å². The molecule has 2 N–H and O–H groups in total. The highest BCUT2D eigenvalue weighted by atomic mass is 127. The van der Waals surface area contributed by atoms with Gasteiger partial charge in [0.1, 0.15) is 18.1 Å². The van der Waals surface area contributed by atoms with Crippen LogP contribution in [0.3, 0.4) is 0 Å². The van der Waals surface area contributed by atoms with E-state index in [0.29, 0.717) is 22.4 Å². The third kappa shape index (κ3) is 5.76. The molecule has 4 aromatic carbocycles. The number of phenolic OH excluding ortho intramolecular Hbond substituents is 1. The highest BCUT2D eigenvalue weighted by Crippen LogP contribution is 2.26. The van der Waals surface area contributed by atoms with Crippen LogP contribution in [0, 0.1) is 3.57 Å². The minimum absolute atomic E-state index is 0.0978. The van der Waals surface area contributed by atoms with Crippen molar-refractivity contribution < 1.29 is 14.6 Å². The molecule has 1 amide bonds. The molecule has 0 fully saturated rings. The molecule has 0 atom stereocenters. The molecule has 4 aromatic rings. The molecular formula is C25H17Cl2IN2O3. The Labute approximate surface area is 214 Å². The minimum Gasteiger partial charge on any atom is -0.507 e. The first-order valence-corrected chi connectivity index (χ1v) is 11.7. The number of ether oxygens (including phenoxy) is 1. The predicted octanol–water partition coefficient (Wildman–Crippen LogP) is 6.80. The second-order valence-corrected chi connectivity index (χ2v) is 9.12. The zero-order valence-corrected chi connectivity index (χ0v) is 20.7. The average Bonchev–Trinajstić information content (AvgIpc) is 2.80. The SMILES string of the molecule is O=C(NN=Cc1ccc(OCc2ccc(Cl)c(Cl)c2)c(I)c1)c1cc2ccccc2cc1O. The number of nitrogens with zero attached hydrogens (tertiary/aromatic N) is 1. The van der Waals surface area contributed by atoms with Crippen molar-refractivity contribution in [2.45, 2.75) is 6.61 Å². The standard InChI is InChI=1S/C25H17Cl2IN2O3/c26-20-7-5-16(9-21(20)27)14-33-24-8-6-15(10-22(24)28)13-29-30-25(32)19-11-17-3-1-2-4-18(17)12-23(19)31/h1-13,31H,14H2,(H,30,32). The van der Waals surface area contributed by atoms with Gasteiger partial charge < -0.3 is 9.84 Å². The molecule has 0 aromatic heterocycles. The van der Waals surface area contributed by atoms with Crippen molar-refractivity contribution in [1.82, 2.24) is 5.43 Å². The second-order valence-electron chi connectivity index (χ2n) is 7.14. The average molecular weight is 591 g/mol. The Bertz CT molecular complexity index is 1380. The van der Waals surface area contributed by atoms with Gasteiger partial charge in [-0.3, -0.25) is 4.79 Å². The number of halogens is 3. The molecule has 0 bridgehead atoms. The monoisotopic (exact) mass is 590 g/mol. The Morgan fingerprint density at radius 3 is 2.48 bits per heavy atom. The zero-order chi connectivity index (χ0) is 23.4. The number of carbonyl (C=O) groups is 1. The van der Waals surface area contributed by atoms with Gasteiger partial charge in [-0.05, 0) is 87.0 Å². The van der Waals surface area contributed by atoms with Crippen molar-refractivity contribution in [3.63, 3.8) is 0 Å². The highest BCUT2D eigenvalue weighted by molar-refractivity contribution is 14.1. The molecule has 4 rings (SSSR count). The Morgan fingerprint density at radius 1 is 1.00 bits per heavy atom. The molecule has 0 saturated carbocycles. The van der Waals surface area contributed by atoms with Gasteiger partial charge in [-0.15, -0.1) is 0 Å². The summed E-state index contributed by atoms with van der Waals surface area (Å²) in [4.78, 5) is 12.5. The lowest BCUT2D eigenvalue weighted by Crippen LogP contribution is -2.17. The number of amides is 1. The molecule has 0 aliphatic rings. The van der Waals surface area contributed by atoms with E-state index >= 15 is 0 Å². The molecular weight excluding hydrogens is 574 g/mol. The molecule has 0 radical (unpaired) electrons. The number of carbonyl (C=O) groups excluding carboxylic acids is 1. The molecule has 0 heterocycles. The number of rotatable bonds is 6. The lowest BCUT2D eigenvalue weighted by atomic mass is 10.1. The molecule has 0 aliphatic carbocycles.